The number of nitrogens with zero attached hydrogens (tertiary/aromatic N) is 4. The number of benzene rings is 1. The van der Waals surface area contributed by atoms with E-state index in [4.69, 9.17) is 0 Å². The smallest absolute Gasteiger partial charge is 0.354 e. The van der Waals surface area contributed by atoms with E-state index in [0.29, 0.717) is 18.9 Å². The predicted octanol–water partition coefficient (Wildman–Crippen LogP) is 5.15. The van der Waals surface area contributed by atoms with Crippen LogP contribution in [0.3, 0.4) is 0 Å². The Balaban J connectivity index is 1.25. The number of piperazine rings is 1. The van der Waals surface area contributed by atoms with Crippen molar-refractivity contribution in [2.75, 3.05) is 42.5 Å². The predicted molar refractivity (Wildman–Crippen MR) is 131 cm³/mol. The minimum atomic E-state index is -4.37. The standard InChI is InChI=1S/C27H33F3N4O/c28-27(29,30)22-11-13-25(31-18-22)33-16-14-32(15-17-33)19-23-12-10-20-6-4-5-9-24(20)34(23)26(35)21-7-2-1-3-8-21/h4-6,9,11,13,18,21,23H,1-3,7-8,10,12,14-17,19H2. The number of carbonyl (C=O) groups is 1. The summed E-state index contributed by atoms with van der Waals surface area (Å²) in [6.07, 6.45) is 3.95. The Kier molecular flexibility index (Phi) is 7.00. The van der Waals surface area contributed by atoms with Crippen LogP contribution >= 0.6 is 0 Å². The quantitative estimate of drug-likeness (QED) is 0.599. The van der Waals surface area contributed by atoms with E-state index in [9.17, 15) is 18.0 Å². The molecule has 1 unspecified atom stereocenters. The number of rotatable bonds is 4. The maximum atomic E-state index is 13.7. The minimum absolute atomic E-state index is 0.125. The number of aryl methyl sites for hydroxylation is 1. The Labute approximate surface area is 204 Å². The molecule has 35 heavy (non-hydrogen) atoms. The van der Waals surface area contributed by atoms with Crippen LogP contribution in [0.4, 0.5) is 24.7 Å². The fraction of sp³-hybridized carbons (Fsp3) is 0.556. The maximum absolute atomic E-state index is 13.7. The Hall–Kier alpha value is -2.61. The molecule has 1 saturated heterocycles. The van der Waals surface area contributed by atoms with Crippen LogP contribution in [-0.4, -0.2) is 54.6 Å². The van der Waals surface area contributed by atoms with E-state index >= 15 is 0 Å². The normalized spacial score (nSPS) is 22.2. The number of anilines is 2. The van der Waals surface area contributed by atoms with Crippen molar-refractivity contribution in [1.82, 2.24) is 9.88 Å². The SMILES string of the molecule is O=C(C1CCCCC1)N1c2ccccc2CCC1CN1CCN(c2ccc(C(F)(F)F)cn2)CC1. The first-order chi connectivity index (χ1) is 16.9. The molecular weight excluding hydrogens is 453 g/mol. The van der Waals surface area contributed by atoms with Gasteiger partial charge < -0.3 is 9.80 Å². The van der Waals surface area contributed by atoms with E-state index < -0.39 is 11.7 Å². The lowest BCUT2D eigenvalue weighted by molar-refractivity contribution is -0.137. The number of hydrogen-bond donors (Lipinski definition) is 0. The third kappa shape index (κ3) is 5.32. The third-order valence-electron chi connectivity index (χ3n) is 7.80. The van der Waals surface area contributed by atoms with Crippen molar-refractivity contribution < 1.29 is 18.0 Å². The topological polar surface area (TPSA) is 39.7 Å². The van der Waals surface area contributed by atoms with Crippen LogP contribution in [0.5, 0.6) is 0 Å². The number of carbonyl (C=O) groups excluding carboxylic acids is 1. The summed E-state index contributed by atoms with van der Waals surface area (Å²) in [6, 6.07) is 11.0. The molecule has 0 spiro atoms. The summed E-state index contributed by atoms with van der Waals surface area (Å²) in [5, 5.41) is 0. The number of pyridine rings is 1. The number of amides is 1. The lowest BCUT2D eigenvalue weighted by Gasteiger charge is -2.43. The second kappa shape index (κ2) is 10.2. The number of halogens is 3. The van der Waals surface area contributed by atoms with E-state index in [1.807, 2.05) is 11.0 Å². The molecule has 0 radical (unpaired) electrons. The van der Waals surface area contributed by atoms with Gasteiger partial charge in [-0.3, -0.25) is 9.69 Å². The van der Waals surface area contributed by atoms with Crippen LogP contribution in [-0.2, 0) is 17.4 Å². The molecule has 1 aromatic carbocycles. The van der Waals surface area contributed by atoms with Gasteiger partial charge in [-0.2, -0.15) is 13.2 Å². The molecule has 5 nitrogen and oxygen atoms in total. The molecule has 0 N–H and O–H groups in total. The van der Waals surface area contributed by atoms with Crippen LogP contribution < -0.4 is 9.80 Å². The summed E-state index contributed by atoms with van der Waals surface area (Å²) in [4.78, 5) is 24.3. The van der Waals surface area contributed by atoms with Gasteiger partial charge in [0, 0.05) is 56.6 Å². The van der Waals surface area contributed by atoms with Crippen molar-refractivity contribution in [3.05, 3.63) is 53.7 Å². The molecule has 8 heteroatoms. The fourth-order valence-electron chi connectivity index (χ4n) is 5.82. The van der Waals surface area contributed by atoms with Gasteiger partial charge >= 0.3 is 6.18 Å². The molecule has 188 valence electrons. The highest BCUT2D eigenvalue weighted by atomic mass is 19.4. The van der Waals surface area contributed by atoms with E-state index in [1.54, 1.807) is 0 Å². The van der Waals surface area contributed by atoms with E-state index in [-0.39, 0.29) is 17.9 Å². The molecule has 1 atom stereocenters. The van der Waals surface area contributed by atoms with Gasteiger partial charge in [0.25, 0.3) is 0 Å². The molecule has 2 aliphatic heterocycles. The minimum Gasteiger partial charge on any atom is -0.354 e. The fourth-order valence-corrected chi connectivity index (χ4v) is 5.82. The highest BCUT2D eigenvalue weighted by molar-refractivity contribution is 5.97. The molecule has 1 amide bonds. The van der Waals surface area contributed by atoms with Gasteiger partial charge in [-0.1, -0.05) is 37.5 Å². The van der Waals surface area contributed by atoms with Crippen LogP contribution in [0.1, 0.15) is 49.7 Å². The monoisotopic (exact) mass is 486 g/mol. The molecule has 1 aromatic heterocycles. The highest BCUT2D eigenvalue weighted by Crippen LogP contribution is 2.35. The number of hydrogen-bond acceptors (Lipinski definition) is 4. The third-order valence-corrected chi connectivity index (χ3v) is 7.80. The zero-order valence-corrected chi connectivity index (χ0v) is 20.0. The second-order valence-corrected chi connectivity index (χ2v) is 10.1. The van der Waals surface area contributed by atoms with Crippen molar-refractivity contribution >= 4 is 17.4 Å². The Morgan fingerprint density at radius 3 is 2.37 bits per heavy atom. The summed E-state index contributed by atoms with van der Waals surface area (Å²) in [7, 11) is 0. The molecular formula is C27H33F3N4O. The zero-order valence-electron chi connectivity index (χ0n) is 20.0. The van der Waals surface area contributed by atoms with E-state index in [1.165, 1.54) is 18.1 Å². The van der Waals surface area contributed by atoms with Crippen molar-refractivity contribution in [2.45, 2.75) is 57.2 Å². The van der Waals surface area contributed by atoms with Crippen LogP contribution in [0.2, 0.25) is 0 Å². The van der Waals surface area contributed by atoms with Gasteiger partial charge in [0.05, 0.1) is 5.56 Å². The van der Waals surface area contributed by atoms with Gasteiger partial charge in [-0.25, -0.2) is 4.98 Å². The Bertz CT molecular complexity index is 1010. The molecule has 1 saturated carbocycles. The average molecular weight is 487 g/mol. The molecule has 1 aliphatic carbocycles. The van der Waals surface area contributed by atoms with Crippen molar-refractivity contribution in [1.29, 1.82) is 0 Å². The van der Waals surface area contributed by atoms with Crippen molar-refractivity contribution in [2.24, 2.45) is 5.92 Å². The van der Waals surface area contributed by atoms with Gasteiger partial charge in [0.1, 0.15) is 5.82 Å². The number of para-hydroxylation sites is 1. The van der Waals surface area contributed by atoms with Gasteiger partial charge in [0.2, 0.25) is 5.91 Å². The van der Waals surface area contributed by atoms with Crippen LogP contribution in [0.25, 0.3) is 0 Å². The number of alkyl halides is 3. The Morgan fingerprint density at radius 1 is 0.943 bits per heavy atom. The van der Waals surface area contributed by atoms with Gasteiger partial charge in [-0.05, 0) is 49.4 Å². The van der Waals surface area contributed by atoms with Crippen molar-refractivity contribution in [3.8, 4) is 0 Å². The molecule has 2 fully saturated rings. The summed E-state index contributed by atoms with van der Waals surface area (Å²) in [6.45, 7) is 3.83. The van der Waals surface area contributed by atoms with Gasteiger partial charge in [-0.15, -0.1) is 0 Å². The Morgan fingerprint density at radius 2 is 1.69 bits per heavy atom. The summed E-state index contributed by atoms with van der Waals surface area (Å²) in [5.74, 6) is 0.993. The van der Waals surface area contributed by atoms with Crippen LogP contribution in [0.15, 0.2) is 42.6 Å². The zero-order chi connectivity index (χ0) is 24.4. The molecule has 0 bridgehead atoms. The largest absolute Gasteiger partial charge is 0.417 e. The first-order valence-electron chi connectivity index (χ1n) is 12.8. The van der Waals surface area contributed by atoms with Crippen LogP contribution in [0, 0.1) is 5.92 Å². The molecule has 2 aromatic rings. The summed E-state index contributed by atoms with van der Waals surface area (Å²) in [5.41, 5.74) is 1.61. The average Bonchev–Trinajstić information content (AvgIpc) is 2.89. The van der Waals surface area contributed by atoms with E-state index in [0.717, 1.165) is 76.1 Å². The summed E-state index contributed by atoms with van der Waals surface area (Å²) >= 11 is 0. The second-order valence-electron chi connectivity index (χ2n) is 10.1. The first-order valence-corrected chi connectivity index (χ1v) is 12.8. The molecule has 3 heterocycles. The lowest BCUT2D eigenvalue weighted by Crippen LogP contribution is -2.55. The van der Waals surface area contributed by atoms with Crippen molar-refractivity contribution in [3.63, 3.8) is 0 Å². The summed E-state index contributed by atoms with van der Waals surface area (Å²) < 4.78 is 38.5. The van der Waals surface area contributed by atoms with Gasteiger partial charge in [0.15, 0.2) is 0 Å². The number of aromatic nitrogens is 1. The highest BCUT2D eigenvalue weighted by Gasteiger charge is 2.36. The van der Waals surface area contributed by atoms with E-state index in [2.05, 4.69) is 33.0 Å². The molecule has 5 rings (SSSR count). The first kappa shape index (κ1) is 24.1. The molecule has 3 aliphatic rings. The number of fused-ring (bicyclic) bond motifs is 1. The lowest BCUT2D eigenvalue weighted by atomic mass is 9.86. The maximum Gasteiger partial charge on any atom is 0.417 e.